The molecule has 0 atom stereocenters. The van der Waals surface area contributed by atoms with Crippen molar-refractivity contribution in [2.24, 2.45) is 5.92 Å². The normalized spacial score (nSPS) is 17.5. The Morgan fingerprint density at radius 1 is 1.31 bits per heavy atom. The summed E-state index contributed by atoms with van der Waals surface area (Å²) in [5.41, 5.74) is 5.59. The summed E-state index contributed by atoms with van der Waals surface area (Å²) in [5.74, 6) is 2.18. The van der Waals surface area contributed by atoms with Crippen molar-refractivity contribution < 1.29 is 0 Å². The second-order valence-corrected chi connectivity index (χ2v) is 4.53. The smallest absolute Gasteiger partial charge is 0.144 e. The van der Waals surface area contributed by atoms with E-state index in [2.05, 4.69) is 15.3 Å². The van der Waals surface area contributed by atoms with Crippen molar-refractivity contribution in [3.8, 4) is 0 Å². The van der Waals surface area contributed by atoms with Crippen molar-refractivity contribution in [1.82, 2.24) is 15.3 Å². The number of aromatic nitrogens is 2. The molecule has 2 rings (SSSR count). The molecule has 16 heavy (non-hydrogen) atoms. The Kier molecular flexibility index (Phi) is 4.10. The maximum Gasteiger partial charge on any atom is 0.144 e. The van der Waals surface area contributed by atoms with E-state index in [0.717, 1.165) is 24.8 Å². The van der Waals surface area contributed by atoms with Gasteiger partial charge in [-0.2, -0.15) is 0 Å². The number of anilines is 1. The summed E-state index contributed by atoms with van der Waals surface area (Å²) in [6, 6.07) is 1.71. The highest BCUT2D eigenvalue weighted by molar-refractivity contribution is 5.24. The predicted octanol–water partition coefficient (Wildman–Crippen LogP) is 1.73. The van der Waals surface area contributed by atoms with Gasteiger partial charge in [0, 0.05) is 6.20 Å². The van der Waals surface area contributed by atoms with Gasteiger partial charge in [0.05, 0.1) is 6.54 Å². The molecule has 1 aromatic heterocycles. The maximum atomic E-state index is 5.59. The molecule has 88 valence electrons. The zero-order valence-electron chi connectivity index (χ0n) is 9.65. The van der Waals surface area contributed by atoms with Crippen LogP contribution in [0.4, 0.5) is 5.82 Å². The Hall–Kier alpha value is -1.16. The van der Waals surface area contributed by atoms with Crippen LogP contribution < -0.4 is 11.1 Å². The molecule has 1 aromatic rings. The van der Waals surface area contributed by atoms with Crippen molar-refractivity contribution in [2.75, 3.05) is 12.3 Å². The van der Waals surface area contributed by atoms with Gasteiger partial charge in [0.1, 0.15) is 11.6 Å². The number of nitrogens with two attached hydrogens (primary N) is 1. The van der Waals surface area contributed by atoms with Gasteiger partial charge in [0.25, 0.3) is 0 Å². The van der Waals surface area contributed by atoms with E-state index in [4.69, 9.17) is 5.73 Å². The molecule has 0 saturated heterocycles. The van der Waals surface area contributed by atoms with Crippen LogP contribution in [0.3, 0.4) is 0 Å². The van der Waals surface area contributed by atoms with Crippen LogP contribution in [-0.4, -0.2) is 16.5 Å². The van der Waals surface area contributed by atoms with Crippen molar-refractivity contribution in [1.29, 1.82) is 0 Å². The molecule has 1 aliphatic rings. The summed E-state index contributed by atoms with van der Waals surface area (Å²) in [7, 11) is 0. The van der Waals surface area contributed by atoms with Gasteiger partial charge in [-0.05, 0) is 31.4 Å². The zero-order valence-corrected chi connectivity index (χ0v) is 9.65. The molecule has 0 spiro atoms. The van der Waals surface area contributed by atoms with E-state index in [0.29, 0.717) is 5.82 Å². The lowest BCUT2D eigenvalue weighted by atomic mass is 9.89. The van der Waals surface area contributed by atoms with E-state index >= 15 is 0 Å². The molecule has 4 nitrogen and oxygen atoms in total. The Labute approximate surface area is 96.7 Å². The van der Waals surface area contributed by atoms with Gasteiger partial charge in [0.15, 0.2) is 0 Å². The van der Waals surface area contributed by atoms with Crippen molar-refractivity contribution in [3.63, 3.8) is 0 Å². The van der Waals surface area contributed by atoms with E-state index in [1.54, 1.807) is 12.3 Å². The average Bonchev–Trinajstić information content (AvgIpc) is 2.30. The summed E-state index contributed by atoms with van der Waals surface area (Å²) in [5, 5.41) is 3.42. The maximum absolute atomic E-state index is 5.59. The molecule has 0 amide bonds. The molecule has 0 radical (unpaired) electrons. The van der Waals surface area contributed by atoms with Gasteiger partial charge >= 0.3 is 0 Å². The molecular weight excluding hydrogens is 200 g/mol. The predicted molar refractivity (Wildman–Crippen MR) is 64.7 cm³/mol. The van der Waals surface area contributed by atoms with Gasteiger partial charge in [-0.3, -0.25) is 0 Å². The van der Waals surface area contributed by atoms with Gasteiger partial charge in [-0.15, -0.1) is 0 Å². The van der Waals surface area contributed by atoms with Crippen LogP contribution in [0.15, 0.2) is 12.3 Å². The number of nitrogens with one attached hydrogen (secondary N) is 1. The molecule has 3 N–H and O–H groups in total. The second-order valence-electron chi connectivity index (χ2n) is 4.53. The van der Waals surface area contributed by atoms with Gasteiger partial charge in [0.2, 0.25) is 0 Å². The van der Waals surface area contributed by atoms with E-state index in [1.165, 1.54) is 32.1 Å². The molecule has 1 heterocycles. The largest absolute Gasteiger partial charge is 0.384 e. The van der Waals surface area contributed by atoms with E-state index < -0.39 is 0 Å². The molecule has 1 saturated carbocycles. The fourth-order valence-electron chi connectivity index (χ4n) is 2.28. The third-order valence-electron chi connectivity index (χ3n) is 3.17. The van der Waals surface area contributed by atoms with E-state index in [-0.39, 0.29) is 0 Å². The monoisotopic (exact) mass is 220 g/mol. The highest BCUT2D eigenvalue weighted by Crippen LogP contribution is 2.22. The van der Waals surface area contributed by atoms with Crippen molar-refractivity contribution >= 4 is 5.82 Å². The van der Waals surface area contributed by atoms with Gasteiger partial charge < -0.3 is 11.1 Å². The minimum atomic E-state index is 0.546. The lowest BCUT2D eigenvalue weighted by molar-refractivity contribution is 0.341. The fraction of sp³-hybridized carbons (Fsp3) is 0.667. The third-order valence-corrected chi connectivity index (χ3v) is 3.17. The fourth-order valence-corrected chi connectivity index (χ4v) is 2.28. The van der Waals surface area contributed by atoms with Gasteiger partial charge in [-0.25, -0.2) is 9.97 Å². The lowest BCUT2D eigenvalue weighted by Gasteiger charge is -2.21. The number of nitrogen functional groups attached to an aromatic ring is 1. The quantitative estimate of drug-likeness (QED) is 0.811. The Balaban J connectivity index is 1.71. The molecule has 0 aliphatic heterocycles. The van der Waals surface area contributed by atoms with Gasteiger partial charge in [-0.1, -0.05) is 19.3 Å². The minimum Gasteiger partial charge on any atom is -0.384 e. The highest BCUT2D eigenvalue weighted by Gasteiger charge is 2.12. The number of nitrogens with zero attached hydrogens (tertiary/aromatic N) is 2. The average molecular weight is 220 g/mol. The zero-order chi connectivity index (χ0) is 11.2. The first-order valence-electron chi connectivity index (χ1n) is 6.13. The van der Waals surface area contributed by atoms with Crippen LogP contribution in [0.1, 0.15) is 37.9 Å². The summed E-state index contributed by atoms with van der Waals surface area (Å²) in [6.07, 6.45) is 8.63. The molecule has 0 unspecified atom stereocenters. The number of rotatable bonds is 4. The first-order chi connectivity index (χ1) is 7.84. The summed E-state index contributed by atoms with van der Waals surface area (Å²) >= 11 is 0. The molecule has 1 fully saturated rings. The lowest BCUT2D eigenvalue weighted by Crippen LogP contribution is -2.25. The summed E-state index contributed by atoms with van der Waals surface area (Å²) in [4.78, 5) is 8.33. The number of hydrogen-bond donors (Lipinski definition) is 2. The molecular formula is C12H20N4. The van der Waals surface area contributed by atoms with Crippen LogP contribution in [0.5, 0.6) is 0 Å². The molecule has 1 aliphatic carbocycles. The van der Waals surface area contributed by atoms with Crippen LogP contribution in [0.2, 0.25) is 0 Å². The van der Waals surface area contributed by atoms with Crippen LogP contribution in [0, 0.1) is 5.92 Å². The van der Waals surface area contributed by atoms with Crippen LogP contribution in [-0.2, 0) is 6.54 Å². The summed E-state index contributed by atoms with van der Waals surface area (Å²) < 4.78 is 0. The van der Waals surface area contributed by atoms with E-state index in [1.807, 2.05) is 0 Å². The van der Waals surface area contributed by atoms with E-state index in [9.17, 15) is 0 Å². The number of hydrogen-bond acceptors (Lipinski definition) is 4. The Bertz CT molecular complexity index is 321. The standard InChI is InChI=1S/C12H20N4/c13-11-6-7-15-12(16-11)9-14-8-10-4-2-1-3-5-10/h6-7,10,14H,1-5,8-9H2,(H2,13,15,16). The van der Waals surface area contributed by atoms with Crippen molar-refractivity contribution in [2.45, 2.75) is 38.6 Å². The Morgan fingerprint density at radius 3 is 2.88 bits per heavy atom. The Morgan fingerprint density at radius 2 is 2.12 bits per heavy atom. The van der Waals surface area contributed by atoms with Crippen molar-refractivity contribution in [3.05, 3.63) is 18.1 Å². The second kappa shape index (κ2) is 5.80. The molecule has 4 heteroatoms. The minimum absolute atomic E-state index is 0.546. The first kappa shape index (κ1) is 11.3. The molecule has 0 aromatic carbocycles. The summed E-state index contributed by atoms with van der Waals surface area (Å²) in [6.45, 7) is 1.81. The first-order valence-corrected chi connectivity index (χ1v) is 6.13. The SMILES string of the molecule is Nc1ccnc(CNCC2CCCCC2)n1. The highest BCUT2D eigenvalue weighted by atomic mass is 15.0. The third kappa shape index (κ3) is 3.45. The van der Waals surface area contributed by atoms with Crippen LogP contribution in [0.25, 0.3) is 0 Å². The topological polar surface area (TPSA) is 63.8 Å². The van der Waals surface area contributed by atoms with Crippen LogP contribution >= 0.6 is 0 Å². The molecule has 0 bridgehead atoms.